The molecule has 1 heterocycles. The van der Waals surface area contributed by atoms with E-state index in [-0.39, 0.29) is 18.3 Å². The highest BCUT2D eigenvalue weighted by atomic mass is 19.2. The largest absolute Gasteiger partial charge is 0.326 e. The number of anilines is 1. The second-order valence-electron chi connectivity index (χ2n) is 4.55. The lowest BCUT2D eigenvalue weighted by Gasteiger charge is -2.15. The van der Waals surface area contributed by atoms with Gasteiger partial charge in [0.2, 0.25) is 5.91 Å². The van der Waals surface area contributed by atoms with Crippen LogP contribution in [0.1, 0.15) is 6.42 Å². The zero-order valence-electron chi connectivity index (χ0n) is 10.1. The van der Waals surface area contributed by atoms with Crippen molar-refractivity contribution in [3.63, 3.8) is 0 Å². The van der Waals surface area contributed by atoms with Crippen LogP contribution in [0.15, 0.2) is 12.1 Å². The maximum absolute atomic E-state index is 13.3. The molecular formula is C12H14F3N3O. The smallest absolute Gasteiger partial charge is 0.238 e. The number of likely N-dealkylation sites (tertiary alicyclic amines) is 1. The lowest BCUT2D eigenvalue weighted by atomic mass is 10.2. The van der Waals surface area contributed by atoms with Crippen LogP contribution in [0.3, 0.4) is 0 Å². The summed E-state index contributed by atoms with van der Waals surface area (Å²) in [4.78, 5) is 13.5. The Morgan fingerprint density at radius 1 is 1.37 bits per heavy atom. The standard InChI is InChI=1S/C12H14F3N3O/c13-8-1-2-9(12(15)11(8)14)17-10(19)6-18-4-3-7(16)5-18/h1-2,7H,3-6,16H2,(H,17,19)/t7-/m1/s1. The first-order valence-corrected chi connectivity index (χ1v) is 5.88. The van der Waals surface area contributed by atoms with E-state index in [2.05, 4.69) is 5.32 Å². The van der Waals surface area contributed by atoms with E-state index in [0.717, 1.165) is 18.6 Å². The first kappa shape index (κ1) is 13.8. The van der Waals surface area contributed by atoms with Crippen molar-refractivity contribution in [2.24, 2.45) is 5.73 Å². The van der Waals surface area contributed by atoms with E-state index in [9.17, 15) is 18.0 Å². The second kappa shape index (κ2) is 5.58. The molecule has 0 aromatic heterocycles. The molecule has 104 valence electrons. The Hall–Kier alpha value is -1.60. The van der Waals surface area contributed by atoms with Gasteiger partial charge >= 0.3 is 0 Å². The van der Waals surface area contributed by atoms with E-state index in [4.69, 9.17) is 5.73 Å². The number of rotatable bonds is 3. The first-order valence-electron chi connectivity index (χ1n) is 5.88. The summed E-state index contributed by atoms with van der Waals surface area (Å²) >= 11 is 0. The van der Waals surface area contributed by atoms with E-state index in [1.807, 2.05) is 4.90 Å². The molecule has 2 rings (SSSR count). The van der Waals surface area contributed by atoms with E-state index in [1.165, 1.54) is 0 Å². The lowest BCUT2D eigenvalue weighted by Crippen LogP contribution is -2.33. The topological polar surface area (TPSA) is 58.4 Å². The number of nitrogens with one attached hydrogen (secondary N) is 1. The van der Waals surface area contributed by atoms with Crippen molar-refractivity contribution in [2.45, 2.75) is 12.5 Å². The van der Waals surface area contributed by atoms with Crippen LogP contribution in [0.2, 0.25) is 0 Å². The minimum absolute atomic E-state index is 0.0350. The van der Waals surface area contributed by atoms with Gasteiger partial charge in [0.25, 0.3) is 0 Å². The van der Waals surface area contributed by atoms with Crippen molar-refractivity contribution in [3.8, 4) is 0 Å². The highest BCUT2D eigenvalue weighted by Gasteiger charge is 2.22. The van der Waals surface area contributed by atoms with Crippen LogP contribution in [0.4, 0.5) is 18.9 Å². The third-order valence-corrected chi connectivity index (χ3v) is 2.99. The van der Waals surface area contributed by atoms with E-state index < -0.39 is 23.4 Å². The monoisotopic (exact) mass is 273 g/mol. The molecule has 0 spiro atoms. The fourth-order valence-electron chi connectivity index (χ4n) is 2.02. The van der Waals surface area contributed by atoms with E-state index in [1.54, 1.807) is 0 Å². The fourth-order valence-corrected chi connectivity index (χ4v) is 2.02. The Morgan fingerprint density at radius 3 is 2.74 bits per heavy atom. The molecule has 1 saturated heterocycles. The van der Waals surface area contributed by atoms with Gasteiger partial charge in [0, 0.05) is 19.1 Å². The molecule has 0 radical (unpaired) electrons. The summed E-state index contributed by atoms with van der Waals surface area (Å²) in [5.41, 5.74) is 5.32. The molecule has 19 heavy (non-hydrogen) atoms. The van der Waals surface area contributed by atoms with Crippen molar-refractivity contribution in [3.05, 3.63) is 29.6 Å². The van der Waals surface area contributed by atoms with Gasteiger partial charge in [-0.15, -0.1) is 0 Å². The molecule has 0 bridgehead atoms. The van der Waals surface area contributed by atoms with Crippen molar-refractivity contribution >= 4 is 11.6 Å². The molecule has 1 fully saturated rings. The minimum Gasteiger partial charge on any atom is -0.326 e. The van der Waals surface area contributed by atoms with Gasteiger partial charge in [-0.3, -0.25) is 9.69 Å². The summed E-state index contributed by atoms with van der Waals surface area (Å²) in [5.74, 6) is -4.77. The molecule has 0 aliphatic carbocycles. The molecule has 1 aromatic carbocycles. The molecule has 1 amide bonds. The zero-order valence-corrected chi connectivity index (χ0v) is 10.1. The first-order chi connectivity index (χ1) is 8.97. The highest BCUT2D eigenvalue weighted by Crippen LogP contribution is 2.19. The van der Waals surface area contributed by atoms with Crippen LogP contribution in [-0.2, 0) is 4.79 Å². The van der Waals surface area contributed by atoms with E-state index in [0.29, 0.717) is 13.1 Å². The molecule has 1 aliphatic heterocycles. The summed E-state index contributed by atoms with van der Waals surface area (Å²) in [7, 11) is 0. The third-order valence-electron chi connectivity index (χ3n) is 2.99. The number of carbonyl (C=O) groups excluding carboxylic acids is 1. The Kier molecular flexibility index (Phi) is 4.06. The maximum Gasteiger partial charge on any atom is 0.238 e. The molecule has 0 saturated carbocycles. The minimum atomic E-state index is -1.60. The van der Waals surface area contributed by atoms with Gasteiger partial charge in [-0.05, 0) is 18.6 Å². The normalized spacial score (nSPS) is 19.7. The van der Waals surface area contributed by atoms with E-state index >= 15 is 0 Å². The molecule has 1 atom stereocenters. The molecular weight excluding hydrogens is 259 g/mol. The summed E-state index contributed by atoms with van der Waals surface area (Å²) in [6.07, 6.45) is 0.798. The van der Waals surface area contributed by atoms with Crippen LogP contribution in [0, 0.1) is 17.5 Å². The fraction of sp³-hybridized carbons (Fsp3) is 0.417. The van der Waals surface area contributed by atoms with Gasteiger partial charge in [-0.1, -0.05) is 0 Å². The SMILES string of the molecule is N[C@@H]1CCN(CC(=O)Nc2ccc(F)c(F)c2F)C1. The molecule has 3 N–H and O–H groups in total. The summed E-state index contributed by atoms with van der Waals surface area (Å²) in [5, 5.41) is 2.22. The summed E-state index contributed by atoms with van der Waals surface area (Å²) < 4.78 is 39.0. The number of nitrogens with two attached hydrogens (primary N) is 1. The average Bonchev–Trinajstić information content (AvgIpc) is 2.75. The predicted octanol–water partition coefficient (Wildman–Crippen LogP) is 1.08. The van der Waals surface area contributed by atoms with Gasteiger partial charge in [0.1, 0.15) is 0 Å². The average molecular weight is 273 g/mol. The van der Waals surface area contributed by atoms with Crippen LogP contribution < -0.4 is 11.1 Å². The molecule has 1 aromatic rings. The Labute approximate surface area is 108 Å². The predicted molar refractivity (Wildman–Crippen MR) is 64.0 cm³/mol. The van der Waals surface area contributed by atoms with Gasteiger partial charge in [-0.2, -0.15) is 0 Å². The van der Waals surface area contributed by atoms with Crippen molar-refractivity contribution in [1.29, 1.82) is 0 Å². The van der Waals surface area contributed by atoms with Gasteiger partial charge in [-0.25, -0.2) is 13.2 Å². The second-order valence-corrected chi connectivity index (χ2v) is 4.55. The summed E-state index contributed by atoms with van der Waals surface area (Å²) in [6, 6.07) is 1.79. The van der Waals surface area contributed by atoms with Crippen molar-refractivity contribution < 1.29 is 18.0 Å². The van der Waals surface area contributed by atoms with Crippen LogP contribution in [0.5, 0.6) is 0 Å². The molecule has 7 heteroatoms. The number of hydrogen-bond acceptors (Lipinski definition) is 3. The Balaban J connectivity index is 1.97. The number of carbonyl (C=O) groups is 1. The maximum atomic E-state index is 13.3. The van der Waals surface area contributed by atoms with Crippen molar-refractivity contribution in [1.82, 2.24) is 4.90 Å². The zero-order chi connectivity index (χ0) is 14.0. The molecule has 0 unspecified atom stereocenters. The van der Waals surface area contributed by atoms with Gasteiger partial charge in [0.05, 0.1) is 12.2 Å². The number of hydrogen-bond donors (Lipinski definition) is 2. The summed E-state index contributed by atoms with van der Waals surface area (Å²) in [6.45, 7) is 1.33. The Morgan fingerprint density at radius 2 is 2.11 bits per heavy atom. The molecule has 4 nitrogen and oxygen atoms in total. The van der Waals surface area contributed by atoms with Crippen LogP contribution in [0.25, 0.3) is 0 Å². The van der Waals surface area contributed by atoms with Gasteiger partial charge < -0.3 is 11.1 Å². The third kappa shape index (κ3) is 3.24. The van der Waals surface area contributed by atoms with Crippen molar-refractivity contribution in [2.75, 3.05) is 25.0 Å². The quantitative estimate of drug-likeness (QED) is 0.810. The number of nitrogens with zero attached hydrogens (tertiary/aromatic N) is 1. The number of amides is 1. The molecule has 1 aliphatic rings. The highest BCUT2D eigenvalue weighted by molar-refractivity contribution is 5.92. The van der Waals surface area contributed by atoms with Gasteiger partial charge in [0.15, 0.2) is 17.5 Å². The lowest BCUT2D eigenvalue weighted by molar-refractivity contribution is -0.117. The number of halogens is 3. The van der Waals surface area contributed by atoms with Crippen LogP contribution >= 0.6 is 0 Å². The van der Waals surface area contributed by atoms with Crippen LogP contribution in [-0.4, -0.2) is 36.5 Å². The Bertz CT molecular complexity index is 495. The number of benzene rings is 1.